The average Bonchev–Trinajstić information content (AvgIpc) is 2.25. The minimum Gasteiger partial charge on any atom is -0.357 e. The molecule has 3 heteroatoms. The van der Waals surface area contributed by atoms with Crippen LogP contribution in [0.4, 0.5) is 5.82 Å². The van der Waals surface area contributed by atoms with Crippen LogP contribution in [0.1, 0.15) is 26.3 Å². The van der Waals surface area contributed by atoms with Gasteiger partial charge in [0.25, 0.3) is 0 Å². The van der Waals surface area contributed by atoms with Crippen molar-refractivity contribution >= 4 is 5.82 Å². The zero-order valence-corrected chi connectivity index (χ0v) is 10.1. The molecule has 15 heavy (non-hydrogen) atoms. The van der Waals surface area contributed by atoms with E-state index in [0.717, 1.165) is 18.9 Å². The molecule has 1 N–H and O–H groups in total. The maximum Gasteiger partial charge on any atom is 0.132 e. The van der Waals surface area contributed by atoms with Crippen LogP contribution in [0.25, 0.3) is 0 Å². The Morgan fingerprint density at radius 1 is 1.47 bits per heavy atom. The molecule has 1 rings (SSSR count). The fraction of sp³-hybridized carbons (Fsp3) is 0.583. The van der Waals surface area contributed by atoms with Gasteiger partial charge in [0.1, 0.15) is 5.82 Å². The van der Waals surface area contributed by atoms with Crippen molar-refractivity contribution in [3.63, 3.8) is 0 Å². The molecule has 0 atom stereocenters. The third-order valence-corrected chi connectivity index (χ3v) is 2.54. The summed E-state index contributed by atoms with van der Waals surface area (Å²) in [6.45, 7) is 8.33. The van der Waals surface area contributed by atoms with Crippen LogP contribution in [0.5, 0.6) is 0 Å². The maximum atomic E-state index is 4.44. The van der Waals surface area contributed by atoms with Crippen LogP contribution in [-0.4, -0.2) is 24.6 Å². The van der Waals surface area contributed by atoms with Gasteiger partial charge in [0.2, 0.25) is 0 Å². The first-order valence-electron chi connectivity index (χ1n) is 5.54. The van der Waals surface area contributed by atoms with E-state index < -0.39 is 0 Å². The van der Waals surface area contributed by atoms with Gasteiger partial charge in [-0.2, -0.15) is 0 Å². The SMILES string of the molecule is CCNCc1cccnc1N(C)C(C)C. The molecule has 1 heterocycles. The highest BCUT2D eigenvalue weighted by Crippen LogP contribution is 2.17. The highest BCUT2D eigenvalue weighted by Gasteiger charge is 2.10. The predicted molar refractivity (Wildman–Crippen MR) is 65.2 cm³/mol. The molecule has 0 radical (unpaired) electrons. The predicted octanol–water partition coefficient (Wildman–Crippen LogP) is 2.04. The first kappa shape index (κ1) is 12.0. The molecule has 0 spiro atoms. The number of pyridine rings is 1. The zero-order valence-electron chi connectivity index (χ0n) is 10.1. The van der Waals surface area contributed by atoms with Crippen molar-refractivity contribution in [1.82, 2.24) is 10.3 Å². The first-order valence-corrected chi connectivity index (χ1v) is 5.54. The van der Waals surface area contributed by atoms with Crippen molar-refractivity contribution in [2.24, 2.45) is 0 Å². The number of nitrogens with one attached hydrogen (secondary N) is 1. The number of hydrogen-bond acceptors (Lipinski definition) is 3. The summed E-state index contributed by atoms with van der Waals surface area (Å²) in [7, 11) is 2.09. The number of hydrogen-bond donors (Lipinski definition) is 1. The zero-order chi connectivity index (χ0) is 11.3. The molecule has 0 bridgehead atoms. The summed E-state index contributed by atoms with van der Waals surface area (Å²) in [5, 5.41) is 3.33. The highest BCUT2D eigenvalue weighted by molar-refractivity contribution is 5.46. The van der Waals surface area contributed by atoms with Crippen LogP contribution >= 0.6 is 0 Å². The van der Waals surface area contributed by atoms with Gasteiger partial charge in [0.15, 0.2) is 0 Å². The van der Waals surface area contributed by atoms with E-state index in [4.69, 9.17) is 0 Å². The van der Waals surface area contributed by atoms with Crippen molar-refractivity contribution in [3.8, 4) is 0 Å². The highest BCUT2D eigenvalue weighted by atomic mass is 15.2. The quantitative estimate of drug-likeness (QED) is 0.801. The van der Waals surface area contributed by atoms with E-state index in [9.17, 15) is 0 Å². The van der Waals surface area contributed by atoms with Gasteiger partial charge >= 0.3 is 0 Å². The normalized spacial score (nSPS) is 10.7. The second kappa shape index (κ2) is 5.71. The van der Waals surface area contributed by atoms with Gasteiger partial charge < -0.3 is 10.2 Å². The third-order valence-electron chi connectivity index (χ3n) is 2.54. The van der Waals surface area contributed by atoms with Crippen LogP contribution in [0.3, 0.4) is 0 Å². The summed E-state index contributed by atoms with van der Waals surface area (Å²) in [6.07, 6.45) is 1.85. The van der Waals surface area contributed by atoms with Gasteiger partial charge in [-0.15, -0.1) is 0 Å². The summed E-state index contributed by atoms with van der Waals surface area (Å²) in [6, 6.07) is 4.59. The monoisotopic (exact) mass is 207 g/mol. The molecule has 0 unspecified atom stereocenters. The molecule has 0 aromatic carbocycles. The van der Waals surface area contributed by atoms with Crippen LogP contribution < -0.4 is 10.2 Å². The van der Waals surface area contributed by atoms with Crippen molar-refractivity contribution in [2.45, 2.75) is 33.4 Å². The van der Waals surface area contributed by atoms with Crippen molar-refractivity contribution < 1.29 is 0 Å². The Morgan fingerprint density at radius 3 is 2.80 bits per heavy atom. The number of anilines is 1. The Morgan fingerprint density at radius 2 is 2.20 bits per heavy atom. The molecular weight excluding hydrogens is 186 g/mol. The minimum atomic E-state index is 0.472. The standard InChI is InChI=1S/C12H21N3/c1-5-13-9-11-7-6-8-14-12(11)15(4)10(2)3/h6-8,10,13H,5,9H2,1-4H3. The molecule has 0 aliphatic rings. The topological polar surface area (TPSA) is 28.2 Å². The van der Waals surface area contributed by atoms with Crippen molar-refractivity contribution in [3.05, 3.63) is 23.9 Å². The maximum absolute atomic E-state index is 4.44. The Bertz CT molecular complexity index is 297. The lowest BCUT2D eigenvalue weighted by atomic mass is 10.2. The third kappa shape index (κ3) is 3.20. The Balaban J connectivity index is 2.85. The number of nitrogens with zero attached hydrogens (tertiary/aromatic N) is 2. The van der Waals surface area contributed by atoms with E-state index in [2.05, 4.69) is 49.1 Å². The van der Waals surface area contributed by atoms with Gasteiger partial charge in [-0.3, -0.25) is 0 Å². The second-order valence-corrected chi connectivity index (χ2v) is 3.97. The van der Waals surface area contributed by atoms with E-state index in [1.165, 1.54) is 5.56 Å². The lowest BCUT2D eigenvalue weighted by Crippen LogP contribution is -2.28. The fourth-order valence-corrected chi connectivity index (χ4v) is 1.39. The van der Waals surface area contributed by atoms with Crippen LogP contribution in [-0.2, 0) is 6.54 Å². The summed E-state index contributed by atoms with van der Waals surface area (Å²) in [4.78, 5) is 6.64. The molecule has 84 valence electrons. The molecule has 3 nitrogen and oxygen atoms in total. The Labute approximate surface area is 92.5 Å². The van der Waals surface area contributed by atoms with Crippen LogP contribution in [0.15, 0.2) is 18.3 Å². The van der Waals surface area contributed by atoms with Gasteiger partial charge in [0, 0.05) is 31.4 Å². The largest absolute Gasteiger partial charge is 0.357 e. The summed E-state index contributed by atoms with van der Waals surface area (Å²) in [5.41, 5.74) is 1.26. The van der Waals surface area contributed by atoms with Crippen LogP contribution in [0, 0.1) is 0 Å². The molecule has 0 aliphatic heterocycles. The molecular formula is C12H21N3. The Hall–Kier alpha value is -1.09. The smallest absolute Gasteiger partial charge is 0.132 e. The van der Waals surface area contributed by atoms with Gasteiger partial charge in [-0.05, 0) is 26.5 Å². The molecule has 1 aromatic heterocycles. The molecule has 0 fully saturated rings. The first-order chi connectivity index (χ1) is 7.16. The molecule has 0 saturated heterocycles. The summed E-state index contributed by atoms with van der Waals surface area (Å²) >= 11 is 0. The summed E-state index contributed by atoms with van der Waals surface area (Å²) in [5.74, 6) is 1.08. The molecule has 0 aliphatic carbocycles. The second-order valence-electron chi connectivity index (χ2n) is 3.97. The molecule has 1 aromatic rings. The van der Waals surface area contributed by atoms with Crippen molar-refractivity contribution in [1.29, 1.82) is 0 Å². The molecule has 0 amide bonds. The lowest BCUT2D eigenvalue weighted by molar-refractivity contribution is 0.701. The van der Waals surface area contributed by atoms with E-state index in [-0.39, 0.29) is 0 Å². The van der Waals surface area contributed by atoms with Crippen molar-refractivity contribution in [2.75, 3.05) is 18.5 Å². The van der Waals surface area contributed by atoms with E-state index in [1.807, 2.05) is 12.3 Å². The van der Waals surface area contributed by atoms with Crippen LogP contribution in [0.2, 0.25) is 0 Å². The Kier molecular flexibility index (Phi) is 4.56. The van der Waals surface area contributed by atoms with E-state index in [0.29, 0.717) is 6.04 Å². The van der Waals surface area contributed by atoms with E-state index >= 15 is 0 Å². The molecule has 0 saturated carbocycles. The lowest BCUT2D eigenvalue weighted by Gasteiger charge is -2.25. The van der Waals surface area contributed by atoms with Gasteiger partial charge in [-0.1, -0.05) is 13.0 Å². The van der Waals surface area contributed by atoms with Gasteiger partial charge in [0.05, 0.1) is 0 Å². The minimum absolute atomic E-state index is 0.472. The fourth-order valence-electron chi connectivity index (χ4n) is 1.39. The van der Waals surface area contributed by atoms with Gasteiger partial charge in [-0.25, -0.2) is 4.98 Å². The number of rotatable bonds is 5. The average molecular weight is 207 g/mol. The summed E-state index contributed by atoms with van der Waals surface area (Å²) < 4.78 is 0. The number of aromatic nitrogens is 1. The van der Waals surface area contributed by atoms with E-state index in [1.54, 1.807) is 0 Å².